The van der Waals surface area contributed by atoms with Gasteiger partial charge in [0.1, 0.15) is 29.6 Å². The number of hydrogen-bond acceptors (Lipinski definition) is 8. The van der Waals surface area contributed by atoms with Crippen LogP contribution in [-0.4, -0.2) is 102 Å². The average molecular weight is 683 g/mol. The van der Waals surface area contributed by atoms with Gasteiger partial charge in [-0.25, -0.2) is 14.0 Å². The van der Waals surface area contributed by atoms with Crippen LogP contribution in [0.2, 0.25) is 0 Å². The smallest absolute Gasteiger partial charge is 0.446 e. The minimum atomic E-state index is -1.56. The lowest BCUT2D eigenvalue weighted by molar-refractivity contribution is -0.136. The Morgan fingerprint density at radius 3 is 2.63 bits per heavy atom. The molecule has 0 spiro atoms. The maximum Gasteiger partial charge on any atom is 0.478 e. The van der Waals surface area contributed by atoms with Crippen LogP contribution in [-0.2, 0) is 23.7 Å². The summed E-state index contributed by atoms with van der Waals surface area (Å²) >= 11 is 0. The Labute approximate surface area is 287 Å². The Morgan fingerprint density at radius 1 is 1.14 bits per heavy atom. The number of ether oxygens (including phenoxy) is 2. The van der Waals surface area contributed by atoms with Crippen LogP contribution in [0.25, 0.3) is 0 Å². The highest BCUT2D eigenvalue weighted by Gasteiger charge is 2.47. The molecule has 49 heavy (non-hydrogen) atoms. The van der Waals surface area contributed by atoms with Gasteiger partial charge in [-0.1, -0.05) is 30.4 Å². The number of alkyl carbamates (subject to hydrolysis) is 1. The van der Waals surface area contributed by atoms with Gasteiger partial charge in [-0.05, 0) is 69.4 Å². The van der Waals surface area contributed by atoms with Crippen molar-refractivity contribution in [2.45, 2.75) is 101 Å². The third-order valence-electron chi connectivity index (χ3n) is 9.98. The van der Waals surface area contributed by atoms with Crippen LogP contribution in [0.5, 0.6) is 0 Å². The quantitative estimate of drug-likeness (QED) is 0.121. The van der Waals surface area contributed by atoms with E-state index in [9.17, 15) is 24.2 Å². The third kappa shape index (κ3) is 8.83. The van der Waals surface area contributed by atoms with Crippen molar-refractivity contribution in [2.75, 3.05) is 26.2 Å². The van der Waals surface area contributed by atoms with Gasteiger partial charge in [0.15, 0.2) is 0 Å². The maximum absolute atomic E-state index is 15.2. The van der Waals surface area contributed by atoms with Crippen molar-refractivity contribution in [3.05, 3.63) is 60.4 Å². The lowest BCUT2D eigenvalue weighted by atomic mass is 9.74. The number of unbranched alkanes of at least 4 members (excludes halogenated alkanes) is 2. The zero-order valence-electron chi connectivity index (χ0n) is 28.2. The molecule has 3 heterocycles. The predicted octanol–water partition coefficient (Wildman–Crippen LogP) is 4.03. The summed E-state index contributed by atoms with van der Waals surface area (Å²) in [6, 6.07) is -1.10. The van der Waals surface area contributed by atoms with Crippen LogP contribution >= 0.6 is 0 Å². The highest BCUT2D eigenvalue weighted by Crippen LogP contribution is 2.37. The molecule has 0 bridgehead atoms. The van der Waals surface area contributed by atoms with Crippen LogP contribution in [0, 0.1) is 5.92 Å². The van der Waals surface area contributed by atoms with Crippen molar-refractivity contribution in [2.24, 2.45) is 5.92 Å². The van der Waals surface area contributed by atoms with E-state index in [0.29, 0.717) is 31.3 Å². The second-order valence-corrected chi connectivity index (χ2v) is 13.7. The summed E-state index contributed by atoms with van der Waals surface area (Å²) in [6.45, 7) is 9.34. The number of rotatable bonds is 12. The molecule has 5 aliphatic rings. The summed E-state index contributed by atoms with van der Waals surface area (Å²) in [5.41, 5.74) is -0.324. The minimum Gasteiger partial charge on any atom is -0.446 e. The molecule has 2 aliphatic carbocycles. The van der Waals surface area contributed by atoms with Crippen molar-refractivity contribution in [1.29, 1.82) is 0 Å². The number of nitrogens with zero attached hydrogens (tertiary/aromatic N) is 2. The minimum absolute atomic E-state index is 0.0307. The van der Waals surface area contributed by atoms with Gasteiger partial charge in [-0.3, -0.25) is 19.8 Å². The number of nitrogens with one attached hydrogen (secondary N) is 2. The largest absolute Gasteiger partial charge is 0.478 e. The Morgan fingerprint density at radius 2 is 1.92 bits per heavy atom. The molecule has 1 saturated carbocycles. The van der Waals surface area contributed by atoms with Crippen molar-refractivity contribution in [3.8, 4) is 0 Å². The standard InChI is InChI=1S/C35H48BFN4O8/c1-4-6-7-8-16-28(38-33(44)48-25-14-9-10-15-25)32(43)41-20-26(18-29(41)31(42)39-30-24(12-5-2)22-47-36(30)46)49-34(45)40-19-23-13-11-17-35(3,37)27(23)21-40/h4-5,11,13,16,24-26,29-30,46H,1-2,6-10,12,14-15,17-22H2,3H3,(H,38,44)(H,39,42)/b28-16-/t24-,26+,29-,30?,35?/m0/s1. The van der Waals surface area contributed by atoms with Crippen molar-refractivity contribution >= 4 is 31.1 Å². The highest BCUT2D eigenvalue weighted by molar-refractivity contribution is 6.46. The zero-order chi connectivity index (χ0) is 35.1. The zero-order valence-corrected chi connectivity index (χ0v) is 28.2. The Balaban J connectivity index is 1.33. The fourth-order valence-corrected chi connectivity index (χ4v) is 7.24. The van der Waals surface area contributed by atoms with Gasteiger partial charge in [-0.15, -0.1) is 13.2 Å². The molecular weight excluding hydrogens is 634 g/mol. The van der Waals surface area contributed by atoms with Crippen molar-refractivity contribution in [1.82, 2.24) is 20.4 Å². The first-order chi connectivity index (χ1) is 23.5. The van der Waals surface area contributed by atoms with E-state index in [4.69, 9.17) is 14.1 Å². The number of likely N-dealkylation sites (tertiary alicyclic amines) is 1. The van der Waals surface area contributed by atoms with E-state index >= 15 is 4.39 Å². The Kier molecular flexibility index (Phi) is 12.0. The lowest BCUT2D eigenvalue weighted by Crippen LogP contribution is -2.54. The predicted molar refractivity (Wildman–Crippen MR) is 180 cm³/mol. The monoisotopic (exact) mass is 682 g/mol. The molecule has 3 fully saturated rings. The number of hydrogen-bond donors (Lipinski definition) is 3. The molecule has 3 N–H and O–H groups in total. The van der Waals surface area contributed by atoms with Crippen LogP contribution < -0.4 is 10.6 Å². The highest BCUT2D eigenvalue weighted by atomic mass is 19.1. The van der Waals surface area contributed by atoms with Crippen LogP contribution in [0.15, 0.2) is 60.4 Å². The lowest BCUT2D eigenvalue weighted by Gasteiger charge is -2.27. The summed E-state index contributed by atoms with van der Waals surface area (Å²) in [5.74, 6) is -2.18. The van der Waals surface area contributed by atoms with E-state index in [1.807, 2.05) is 6.08 Å². The first-order valence-corrected chi connectivity index (χ1v) is 17.3. The molecule has 3 aliphatic heterocycles. The molecule has 0 aromatic carbocycles. The molecule has 4 amide bonds. The van der Waals surface area contributed by atoms with Gasteiger partial charge >= 0.3 is 19.3 Å². The first kappa shape index (κ1) is 36.4. The molecule has 5 atom stereocenters. The maximum atomic E-state index is 15.2. The van der Waals surface area contributed by atoms with Crippen LogP contribution in [0.3, 0.4) is 0 Å². The molecule has 12 nitrogen and oxygen atoms in total. The van der Waals surface area contributed by atoms with Gasteiger partial charge in [0.25, 0.3) is 5.91 Å². The number of amides is 4. The van der Waals surface area contributed by atoms with E-state index < -0.39 is 54.9 Å². The summed E-state index contributed by atoms with van der Waals surface area (Å²) in [4.78, 5) is 57.0. The molecule has 2 saturated heterocycles. The first-order valence-electron chi connectivity index (χ1n) is 17.3. The second-order valence-electron chi connectivity index (χ2n) is 13.7. The van der Waals surface area contributed by atoms with Gasteiger partial charge in [0.05, 0.1) is 12.5 Å². The number of allylic oxidation sites excluding steroid dienone is 4. The number of halogens is 1. The van der Waals surface area contributed by atoms with Gasteiger partial charge in [0, 0.05) is 38.5 Å². The molecule has 2 unspecified atom stereocenters. The van der Waals surface area contributed by atoms with E-state index in [2.05, 4.69) is 23.8 Å². The Bertz CT molecular complexity index is 1390. The second kappa shape index (κ2) is 16.2. The van der Waals surface area contributed by atoms with Crippen LogP contribution in [0.4, 0.5) is 14.0 Å². The Hall–Kier alpha value is -3.91. The fraction of sp³-hybridized carbons (Fsp3) is 0.600. The van der Waals surface area contributed by atoms with E-state index in [0.717, 1.165) is 31.3 Å². The van der Waals surface area contributed by atoms with Gasteiger partial charge in [0.2, 0.25) is 5.91 Å². The van der Waals surface area contributed by atoms with E-state index in [1.165, 1.54) is 16.7 Å². The normalized spacial score (nSPS) is 28.5. The van der Waals surface area contributed by atoms with Crippen LogP contribution in [0.1, 0.15) is 71.1 Å². The molecule has 0 aromatic heterocycles. The SMILES string of the molecule is C=CCCC/C=C(\NC(=O)OC1CCCC1)C(=O)N1C[C@H](OC(=O)N2CC3=C(C2)C(C)(F)CC=C3)C[C@H]1C(=O)NC1B(O)OC[C@@H]1CC=C. The molecule has 0 aromatic rings. The number of alkyl halides is 1. The van der Waals surface area contributed by atoms with E-state index in [1.54, 1.807) is 24.3 Å². The van der Waals surface area contributed by atoms with Crippen molar-refractivity contribution < 1.29 is 42.7 Å². The molecule has 0 radical (unpaired) electrons. The fourth-order valence-electron chi connectivity index (χ4n) is 7.24. The average Bonchev–Trinajstić information content (AvgIpc) is 3.87. The third-order valence-corrected chi connectivity index (χ3v) is 9.98. The molecule has 14 heteroatoms. The van der Waals surface area contributed by atoms with Gasteiger partial charge < -0.3 is 29.4 Å². The molecule has 5 rings (SSSR count). The summed E-state index contributed by atoms with van der Waals surface area (Å²) in [7, 11) is -1.25. The topological polar surface area (TPSA) is 147 Å². The number of carbonyl (C=O) groups is 4. The number of carbonyl (C=O) groups excluding carboxylic acids is 4. The summed E-state index contributed by atoms with van der Waals surface area (Å²) < 4.78 is 32.0. The summed E-state index contributed by atoms with van der Waals surface area (Å²) in [5, 5.41) is 15.9. The molecular formula is C35H48BFN4O8. The summed E-state index contributed by atoms with van der Waals surface area (Å²) in [6.07, 6.45) is 12.0. The molecule has 266 valence electrons. The van der Waals surface area contributed by atoms with Gasteiger partial charge in [-0.2, -0.15) is 0 Å². The van der Waals surface area contributed by atoms with Crippen molar-refractivity contribution in [3.63, 3.8) is 0 Å². The van der Waals surface area contributed by atoms with E-state index in [-0.39, 0.29) is 56.8 Å².